The van der Waals surface area contributed by atoms with E-state index >= 15 is 0 Å². The van der Waals surface area contributed by atoms with Crippen molar-refractivity contribution in [2.75, 3.05) is 12.4 Å². The van der Waals surface area contributed by atoms with Crippen molar-refractivity contribution in [3.63, 3.8) is 0 Å². The van der Waals surface area contributed by atoms with Crippen LogP contribution < -0.4 is 10.1 Å². The monoisotopic (exact) mass is 559 g/mol. The van der Waals surface area contributed by atoms with E-state index < -0.39 is 26.7 Å². The lowest BCUT2D eigenvalue weighted by Crippen LogP contribution is -2.12. The van der Waals surface area contributed by atoms with Crippen LogP contribution in [-0.4, -0.2) is 31.1 Å². The van der Waals surface area contributed by atoms with Crippen LogP contribution in [0, 0.1) is 6.92 Å². The van der Waals surface area contributed by atoms with Crippen LogP contribution in [0.15, 0.2) is 75.8 Å². The Hall–Kier alpha value is -3.70. The van der Waals surface area contributed by atoms with E-state index in [2.05, 4.69) is 15.5 Å². The molecule has 0 bridgehead atoms. The summed E-state index contributed by atoms with van der Waals surface area (Å²) in [5.74, 6) is -0.710. The standard InChI is InChI=1S/C25H19Cl2N3O6S/c1-13-9-20(22(12-18(13)26)37(33,34)35)29-30-23-16-6-4-3-5-14(16)10-17(24(23)31)25(32)28-15-7-8-21(36-2)19(27)11-15/h3-12,31H,1-2H3,(H,28,32)(H,33,34,35). The maximum atomic E-state index is 13.1. The molecule has 0 spiro atoms. The van der Waals surface area contributed by atoms with Crippen LogP contribution in [0.5, 0.6) is 11.5 Å². The largest absolute Gasteiger partial charge is 0.505 e. The van der Waals surface area contributed by atoms with Crippen molar-refractivity contribution >= 4 is 67.1 Å². The van der Waals surface area contributed by atoms with Crippen molar-refractivity contribution in [1.29, 1.82) is 0 Å². The molecule has 0 aliphatic rings. The van der Waals surface area contributed by atoms with Gasteiger partial charge in [0.05, 0.1) is 17.7 Å². The van der Waals surface area contributed by atoms with Gasteiger partial charge in [-0.1, -0.05) is 47.5 Å². The third-order valence-electron chi connectivity index (χ3n) is 5.43. The van der Waals surface area contributed by atoms with Gasteiger partial charge in [-0.05, 0) is 54.3 Å². The minimum absolute atomic E-state index is 0.0788. The highest BCUT2D eigenvalue weighted by molar-refractivity contribution is 7.86. The van der Waals surface area contributed by atoms with E-state index in [9.17, 15) is 22.9 Å². The van der Waals surface area contributed by atoms with Crippen molar-refractivity contribution < 1.29 is 27.6 Å². The molecule has 9 nitrogen and oxygen atoms in total. The number of nitrogens with zero attached hydrogens (tertiary/aromatic N) is 2. The summed E-state index contributed by atoms with van der Waals surface area (Å²) in [6, 6.07) is 15.4. The van der Waals surface area contributed by atoms with Crippen molar-refractivity contribution in [2.45, 2.75) is 11.8 Å². The van der Waals surface area contributed by atoms with Gasteiger partial charge in [-0.15, -0.1) is 10.2 Å². The molecule has 0 saturated heterocycles. The molecule has 3 N–H and O–H groups in total. The predicted octanol–water partition coefficient (Wildman–Crippen LogP) is 7.08. The number of carbonyl (C=O) groups is 1. The van der Waals surface area contributed by atoms with Gasteiger partial charge in [-0.25, -0.2) is 0 Å². The molecule has 0 radical (unpaired) electrons. The number of aromatic hydroxyl groups is 1. The molecule has 37 heavy (non-hydrogen) atoms. The van der Waals surface area contributed by atoms with E-state index in [1.165, 1.54) is 25.3 Å². The fraction of sp³-hybridized carbons (Fsp3) is 0.0800. The second-order valence-electron chi connectivity index (χ2n) is 7.89. The van der Waals surface area contributed by atoms with E-state index in [0.29, 0.717) is 27.8 Å². The van der Waals surface area contributed by atoms with Crippen molar-refractivity contribution in [2.24, 2.45) is 10.2 Å². The number of rotatable bonds is 6. The van der Waals surface area contributed by atoms with Crippen LogP contribution in [0.3, 0.4) is 0 Å². The van der Waals surface area contributed by atoms with Gasteiger partial charge < -0.3 is 15.2 Å². The van der Waals surface area contributed by atoms with Gasteiger partial charge >= 0.3 is 0 Å². The normalized spacial score (nSPS) is 11.7. The third-order valence-corrected chi connectivity index (χ3v) is 7.01. The lowest BCUT2D eigenvalue weighted by Gasteiger charge is -2.12. The minimum atomic E-state index is -4.68. The number of phenolic OH excluding ortho intramolecular Hbond substituents is 1. The summed E-state index contributed by atoms with van der Waals surface area (Å²) < 4.78 is 38.5. The SMILES string of the molecule is COc1ccc(NC(=O)c2cc3ccccc3c(N=Nc3cc(C)c(Cl)cc3S(=O)(=O)O)c2O)cc1Cl. The van der Waals surface area contributed by atoms with Gasteiger partial charge in [0.25, 0.3) is 16.0 Å². The quantitative estimate of drug-likeness (QED) is 0.170. The Morgan fingerprint density at radius 3 is 2.41 bits per heavy atom. The molecule has 0 unspecified atom stereocenters. The predicted molar refractivity (Wildman–Crippen MR) is 142 cm³/mol. The molecule has 12 heteroatoms. The molecule has 0 heterocycles. The number of amides is 1. The summed E-state index contributed by atoms with van der Waals surface area (Å²) in [6.07, 6.45) is 0. The van der Waals surface area contributed by atoms with Crippen molar-refractivity contribution in [3.05, 3.63) is 81.8 Å². The highest BCUT2D eigenvalue weighted by Crippen LogP contribution is 2.41. The number of hydrogen-bond acceptors (Lipinski definition) is 7. The summed E-state index contributed by atoms with van der Waals surface area (Å²) >= 11 is 12.2. The van der Waals surface area contributed by atoms with Gasteiger partial charge in [0.2, 0.25) is 0 Å². The molecular weight excluding hydrogens is 541 g/mol. The lowest BCUT2D eigenvalue weighted by molar-refractivity contribution is 0.102. The zero-order chi connectivity index (χ0) is 26.9. The number of methoxy groups -OCH3 is 1. The number of azo groups is 1. The summed E-state index contributed by atoms with van der Waals surface area (Å²) in [4.78, 5) is 12.5. The lowest BCUT2D eigenvalue weighted by atomic mass is 10.0. The number of halogens is 2. The Kier molecular flexibility index (Phi) is 7.37. The Balaban J connectivity index is 1.81. The summed E-state index contributed by atoms with van der Waals surface area (Å²) in [7, 11) is -3.21. The Labute approximate surface area is 222 Å². The smallest absolute Gasteiger partial charge is 0.296 e. The molecule has 190 valence electrons. The molecule has 0 atom stereocenters. The summed E-state index contributed by atoms with van der Waals surface area (Å²) in [5.41, 5.74) is 0.465. The first kappa shape index (κ1) is 26.4. The fourth-order valence-electron chi connectivity index (χ4n) is 3.57. The first-order chi connectivity index (χ1) is 17.5. The molecule has 0 aliphatic carbocycles. The van der Waals surface area contributed by atoms with E-state index in [-0.39, 0.29) is 27.0 Å². The van der Waals surface area contributed by atoms with Crippen LogP contribution in [0.2, 0.25) is 10.0 Å². The minimum Gasteiger partial charge on any atom is -0.505 e. The molecule has 0 fully saturated rings. The number of hydrogen-bond donors (Lipinski definition) is 3. The zero-order valence-electron chi connectivity index (χ0n) is 19.4. The van der Waals surface area contributed by atoms with Crippen LogP contribution >= 0.6 is 23.2 Å². The van der Waals surface area contributed by atoms with Gasteiger partial charge in [0.15, 0.2) is 5.75 Å². The van der Waals surface area contributed by atoms with E-state index in [1.807, 2.05) is 0 Å². The molecule has 0 saturated carbocycles. The van der Waals surface area contributed by atoms with Gasteiger partial charge in [0.1, 0.15) is 22.0 Å². The van der Waals surface area contributed by atoms with Crippen molar-refractivity contribution in [1.82, 2.24) is 0 Å². The number of benzene rings is 4. The number of phenols is 1. The number of nitrogens with one attached hydrogen (secondary N) is 1. The second kappa shape index (κ2) is 10.3. The molecule has 0 aromatic heterocycles. The van der Waals surface area contributed by atoms with Gasteiger partial charge in [-0.2, -0.15) is 8.42 Å². The summed E-state index contributed by atoms with van der Waals surface area (Å²) in [5, 5.41) is 23.1. The Bertz CT molecular complexity index is 1690. The average Bonchev–Trinajstić information content (AvgIpc) is 2.84. The number of aryl methyl sites for hydroxylation is 1. The molecule has 4 aromatic rings. The highest BCUT2D eigenvalue weighted by atomic mass is 35.5. The van der Waals surface area contributed by atoms with Crippen molar-refractivity contribution in [3.8, 4) is 11.5 Å². The highest BCUT2D eigenvalue weighted by Gasteiger charge is 2.21. The van der Waals surface area contributed by atoms with Crippen LogP contribution in [0.25, 0.3) is 10.8 Å². The average molecular weight is 560 g/mol. The second-order valence-corrected chi connectivity index (χ2v) is 10.1. The van der Waals surface area contributed by atoms with Gasteiger partial charge in [0, 0.05) is 16.1 Å². The maximum absolute atomic E-state index is 13.1. The first-order valence-electron chi connectivity index (χ1n) is 10.6. The van der Waals surface area contributed by atoms with E-state index in [0.717, 1.165) is 6.07 Å². The van der Waals surface area contributed by atoms with Crippen LogP contribution in [0.4, 0.5) is 17.1 Å². The van der Waals surface area contributed by atoms with Gasteiger partial charge in [-0.3, -0.25) is 9.35 Å². The Morgan fingerprint density at radius 1 is 1.00 bits per heavy atom. The molecular formula is C25H19Cl2N3O6S. The molecule has 0 aliphatic heterocycles. The van der Waals surface area contributed by atoms with E-state index in [4.69, 9.17) is 27.9 Å². The molecule has 4 rings (SSSR count). The zero-order valence-corrected chi connectivity index (χ0v) is 21.7. The molecule has 1 amide bonds. The number of carbonyl (C=O) groups excluding carboxylic acids is 1. The van der Waals surface area contributed by atoms with Crippen LogP contribution in [0.1, 0.15) is 15.9 Å². The number of ether oxygens (including phenoxy) is 1. The summed E-state index contributed by atoms with van der Waals surface area (Å²) in [6.45, 7) is 1.62. The maximum Gasteiger partial charge on any atom is 0.296 e. The number of fused-ring (bicyclic) bond motifs is 1. The number of anilines is 1. The first-order valence-corrected chi connectivity index (χ1v) is 12.8. The Morgan fingerprint density at radius 2 is 1.73 bits per heavy atom. The topological polar surface area (TPSA) is 138 Å². The third kappa shape index (κ3) is 5.52. The molecule has 4 aromatic carbocycles. The van der Waals surface area contributed by atoms with Crippen LogP contribution in [-0.2, 0) is 10.1 Å². The van der Waals surface area contributed by atoms with E-state index in [1.54, 1.807) is 43.3 Å². The fourth-order valence-corrected chi connectivity index (χ4v) is 4.69.